The van der Waals surface area contributed by atoms with Crippen molar-refractivity contribution in [2.75, 3.05) is 0 Å². The maximum Gasteiger partial charge on any atom is 0.165 e. The molecule has 1 aliphatic heterocycles. The molecule has 3 rings (SSSR count). The normalized spacial score (nSPS) is 23.7. The summed E-state index contributed by atoms with van der Waals surface area (Å²) in [7, 11) is -3.69. The van der Waals surface area contributed by atoms with Crippen LogP contribution in [-0.4, -0.2) is 14.2 Å². The standard InChI is InChI=1S/C17H14F2O3S/c18-13-5-1-11(2-6-13)16-9-15(20)10-17(23(16,21)22)12-3-7-14(19)8-4-12/h1-8,16-17H,9-10H2. The lowest BCUT2D eigenvalue weighted by atomic mass is 10.0. The van der Waals surface area contributed by atoms with Crippen molar-refractivity contribution in [2.45, 2.75) is 23.3 Å². The molecule has 0 bridgehead atoms. The molecule has 1 heterocycles. The number of hydrogen-bond donors (Lipinski definition) is 0. The molecule has 0 N–H and O–H groups in total. The van der Waals surface area contributed by atoms with E-state index in [1.807, 2.05) is 0 Å². The third-order valence-corrected chi connectivity index (χ3v) is 6.57. The average Bonchev–Trinajstić information content (AvgIpc) is 2.51. The minimum atomic E-state index is -3.69. The highest BCUT2D eigenvalue weighted by Gasteiger charge is 2.42. The molecule has 23 heavy (non-hydrogen) atoms. The summed E-state index contributed by atoms with van der Waals surface area (Å²) in [6.45, 7) is 0. The number of carbonyl (C=O) groups excluding carboxylic acids is 1. The van der Waals surface area contributed by atoms with Crippen LogP contribution in [0.4, 0.5) is 8.78 Å². The fraction of sp³-hybridized carbons (Fsp3) is 0.235. The second-order valence-corrected chi connectivity index (χ2v) is 7.93. The van der Waals surface area contributed by atoms with Gasteiger partial charge in [-0.2, -0.15) is 0 Å². The van der Waals surface area contributed by atoms with Gasteiger partial charge in [-0.25, -0.2) is 17.2 Å². The zero-order valence-electron chi connectivity index (χ0n) is 12.1. The van der Waals surface area contributed by atoms with Crippen LogP contribution in [0.15, 0.2) is 48.5 Å². The van der Waals surface area contributed by atoms with Gasteiger partial charge in [0.05, 0.1) is 10.5 Å². The van der Waals surface area contributed by atoms with Crippen LogP contribution >= 0.6 is 0 Å². The molecule has 0 spiro atoms. The van der Waals surface area contributed by atoms with E-state index in [-0.39, 0.29) is 18.6 Å². The van der Waals surface area contributed by atoms with Crippen molar-refractivity contribution in [3.05, 3.63) is 71.3 Å². The van der Waals surface area contributed by atoms with Gasteiger partial charge in [0, 0.05) is 12.8 Å². The minimum absolute atomic E-state index is 0.119. The van der Waals surface area contributed by atoms with Crippen molar-refractivity contribution in [2.24, 2.45) is 0 Å². The van der Waals surface area contributed by atoms with Gasteiger partial charge in [0.1, 0.15) is 17.4 Å². The Hall–Kier alpha value is -2.08. The maximum atomic E-state index is 13.1. The van der Waals surface area contributed by atoms with E-state index in [1.165, 1.54) is 48.5 Å². The maximum absolute atomic E-state index is 13.1. The topological polar surface area (TPSA) is 51.2 Å². The summed E-state index contributed by atoms with van der Waals surface area (Å²) in [6, 6.07) is 10.3. The molecule has 0 saturated carbocycles. The fourth-order valence-corrected chi connectivity index (χ4v) is 5.20. The molecule has 2 aromatic rings. The highest BCUT2D eigenvalue weighted by molar-refractivity contribution is 7.92. The summed E-state index contributed by atoms with van der Waals surface area (Å²) < 4.78 is 51.9. The molecule has 1 fully saturated rings. The van der Waals surface area contributed by atoms with Gasteiger partial charge in [0.25, 0.3) is 0 Å². The van der Waals surface area contributed by atoms with Crippen LogP contribution in [0.5, 0.6) is 0 Å². The smallest absolute Gasteiger partial charge is 0.165 e. The lowest BCUT2D eigenvalue weighted by Crippen LogP contribution is -2.30. The largest absolute Gasteiger partial charge is 0.300 e. The highest BCUT2D eigenvalue weighted by atomic mass is 32.2. The van der Waals surface area contributed by atoms with Gasteiger partial charge >= 0.3 is 0 Å². The molecule has 120 valence electrons. The van der Waals surface area contributed by atoms with Crippen LogP contribution in [-0.2, 0) is 14.6 Å². The molecule has 0 aromatic heterocycles. The second kappa shape index (κ2) is 5.85. The lowest BCUT2D eigenvalue weighted by molar-refractivity contribution is -0.119. The Kier molecular flexibility index (Phi) is 4.02. The Labute approximate surface area is 132 Å². The Morgan fingerprint density at radius 3 is 1.43 bits per heavy atom. The van der Waals surface area contributed by atoms with Crippen LogP contribution in [0.25, 0.3) is 0 Å². The Balaban J connectivity index is 2.03. The SMILES string of the molecule is O=C1CC(c2ccc(F)cc2)S(=O)(=O)C(c2ccc(F)cc2)C1. The molecule has 0 radical (unpaired) electrons. The molecule has 2 aromatic carbocycles. The molecule has 1 saturated heterocycles. The van der Waals surface area contributed by atoms with Crippen LogP contribution in [0.2, 0.25) is 0 Å². The number of carbonyl (C=O) groups is 1. The summed E-state index contributed by atoms with van der Waals surface area (Å²) in [5.74, 6) is -1.12. The van der Waals surface area contributed by atoms with E-state index in [4.69, 9.17) is 0 Å². The van der Waals surface area contributed by atoms with Crippen LogP contribution in [0.1, 0.15) is 34.5 Å². The molecule has 3 nitrogen and oxygen atoms in total. The summed E-state index contributed by atoms with van der Waals surface area (Å²) in [5, 5.41) is -2.00. The van der Waals surface area contributed by atoms with E-state index in [1.54, 1.807) is 0 Å². The molecule has 0 aliphatic carbocycles. The Morgan fingerprint density at radius 1 is 0.739 bits per heavy atom. The molecular formula is C17H14F2O3S. The fourth-order valence-electron chi connectivity index (χ4n) is 2.90. The zero-order valence-corrected chi connectivity index (χ0v) is 12.9. The molecule has 2 atom stereocenters. The summed E-state index contributed by atoms with van der Waals surface area (Å²) >= 11 is 0. The Morgan fingerprint density at radius 2 is 1.09 bits per heavy atom. The van der Waals surface area contributed by atoms with Gasteiger partial charge in [-0.1, -0.05) is 24.3 Å². The predicted molar refractivity (Wildman–Crippen MR) is 81.4 cm³/mol. The molecular weight excluding hydrogens is 322 g/mol. The third kappa shape index (κ3) is 3.03. The first kappa shape index (κ1) is 15.8. The van der Waals surface area contributed by atoms with Gasteiger partial charge < -0.3 is 0 Å². The van der Waals surface area contributed by atoms with Crippen molar-refractivity contribution in [1.82, 2.24) is 0 Å². The van der Waals surface area contributed by atoms with Gasteiger partial charge in [0.2, 0.25) is 0 Å². The van der Waals surface area contributed by atoms with E-state index in [9.17, 15) is 22.0 Å². The van der Waals surface area contributed by atoms with Gasteiger partial charge in [-0.15, -0.1) is 0 Å². The first-order valence-electron chi connectivity index (χ1n) is 7.13. The first-order valence-corrected chi connectivity index (χ1v) is 8.74. The van der Waals surface area contributed by atoms with Crippen LogP contribution in [0.3, 0.4) is 0 Å². The number of benzene rings is 2. The highest BCUT2D eigenvalue weighted by Crippen LogP contribution is 2.43. The van der Waals surface area contributed by atoms with Crippen LogP contribution in [0, 0.1) is 11.6 Å². The van der Waals surface area contributed by atoms with E-state index in [0.29, 0.717) is 11.1 Å². The molecule has 2 unspecified atom stereocenters. The van der Waals surface area contributed by atoms with Crippen molar-refractivity contribution in [3.8, 4) is 0 Å². The van der Waals surface area contributed by atoms with Gasteiger partial charge in [-0.05, 0) is 35.4 Å². The van der Waals surface area contributed by atoms with Gasteiger partial charge in [-0.3, -0.25) is 4.79 Å². The monoisotopic (exact) mass is 336 g/mol. The molecule has 0 amide bonds. The van der Waals surface area contributed by atoms with Gasteiger partial charge in [0.15, 0.2) is 9.84 Å². The van der Waals surface area contributed by atoms with E-state index in [0.717, 1.165) is 0 Å². The first-order chi connectivity index (χ1) is 10.9. The van der Waals surface area contributed by atoms with E-state index < -0.39 is 32.0 Å². The number of halogens is 2. The van der Waals surface area contributed by atoms with Crippen molar-refractivity contribution in [3.63, 3.8) is 0 Å². The number of ketones is 1. The summed E-state index contributed by atoms with van der Waals surface area (Å²) in [4.78, 5) is 12.0. The van der Waals surface area contributed by atoms with Crippen molar-refractivity contribution in [1.29, 1.82) is 0 Å². The average molecular weight is 336 g/mol. The summed E-state index contributed by atoms with van der Waals surface area (Å²) in [6.07, 6.45) is -0.239. The van der Waals surface area contributed by atoms with E-state index >= 15 is 0 Å². The van der Waals surface area contributed by atoms with Crippen molar-refractivity contribution >= 4 is 15.6 Å². The number of Topliss-reactive ketones (excluding diaryl/α,β-unsaturated/α-hetero) is 1. The number of hydrogen-bond acceptors (Lipinski definition) is 3. The molecule has 6 heteroatoms. The lowest BCUT2D eigenvalue weighted by Gasteiger charge is -2.29. The van der Waals surface area contributed by atoms with Crippen LogP contribution < -0.4 is 0 Å². The summed E-state index contributed by atoms with van der Waals surface area (Å²) in [5.41, 5.74) is 0.790. The number of rotatable bonds is 2. The van der Waals surface area contributed by atoms with Crippen molar-refractivity contribution < 1.29 is 22.0 Å². The third-order valence-electron chi connectivity index (χ3n) is 4.10. The molecule has 1 aliphatic rings. The van der Waals surface area contributed by atoms with E-state index in [2.05, 4.69) is 0 Å². The minimum Gasteiger partial charge on any atom is -0.300 e. The second-order valence-electron chi connectivity index (χ2n) is 5.62. The Bertz CT molecular complexity index is 764. The zero-order chi connectivity index (χ0) is 16.6. The quantitative estimate of drug-likeness (QED) is 0.843. The predicted octanol–water partition coefficient (Wildman–Crippen LogP) is 3.52. The number of sulfone groups is 1.